The maximum absolute atomic E-state index is 11.8. The van der Waals surface area contributed by atoms with Gasteiger partial charge in [0.2, 0.25) is 0 Å². The molecule has 3 saturated heterocycles. The summed E-state index contributed by atoms with van der Waals surface area (Å²) in [5.74, 6) is 2.51. The third-order valence-corrected chi connectivity index (χ3v) is 9.51. The Hall–Kier alpha value is -0.770. The van der Waals surface area contributed by atoms with E-state index in [4.69, 9.17) is 17.3 Å². The van der Waals surface area contributed by atoms with Crippen LogP contribution in [0.1, 0.15) is 50.8 Å². The number of piperidine rings is 1. The molecule has 3 fully saturated rings. The molecule has 1 unspecified atom stereocenters. The SMILES string of the molecule is Cn1c(CC2CCS(=O)(=O)C2)nn(CN2CCC(CN3CCCCCC3)CC2)c1=S. The molecule has 170 valence electrons. The Balaban J connectivity index is 1.28. The van der Waals surface area contributed by atoms with Crippen molar-refractivity contribution in [2.75, 3.05) is 44.2 Å². The lowest BCUT2D eigenvalue weighted by Gasteiger charge is -2.34. The summed E-state index contributed by atoms with van der Waals surface area (Å²) >= 11 is 5.62. The lowest BCUT2D eigenvalue weighted by molar-refractivity contribution is 0.116. The second-order valence-electron chi connectivity index (χ2n) is 9.65. The molecule has 4 rings (SSSR count). The summed E-state index contributed by atoms with van der Waals surface area (Å²) in [6.45, 7) is 6.79. The average molecular weight is 456 g/mol. The summed E-state index contributed by atoms with van der Waals surface area (Å²) in [7, 11) is -0.898. The van der Waals surface area contributed by atoms with Crippen LogP contribution < -0.4 is 0 Å². The fourth-order valence-corrected chi connectivity index (χ4v) is 7.34. The first-order chi connectivity index (χ1) is 14.4. The number of hydrogen-bond donors (Lipinski definition) is 0. The Labute approximate surface area is 186 Å². The van der Waals surface area contributed by atoms with Gasteiger partial charge in [0.15, 0.2) is 14.6 Å². The van der Waals surface area contributed by atoms with Crippen LogP contribution in [0.15, 0.2) is 0 Å². The predicted octanol–water partition coefficient (Wildman–Crippen LogP) is 2.47. The van der Waals surface area contributed by atoms with Gasteiger partial charge < -0.3 is 9.47 Å². The Morgan fingerprint density at radius 3 is 2.30 bits per heavy atom. The van der Waals surface area contributed by atoms with Crippen molar-refractivity contribution in [1.82, 2.24) is 24.1 Å². The first kappa shape index (κ1) is 22.4. The van der Waals surface area contributed by atoms with Crippen LogP contribution >= 0.6 is 12.2 Å². The maximum Gasteiger partial charge on any atom is 0.198 e. The van der Waals surface area contributed by atoms with Gasteiger partial charge in [0.25, 0.3) is 0 Å². The molecule has 1 aromatic heterocycles. The van der Waals surface area contributed by atoms with E-state index in [2.05, 4.69) is 9.80 Å². The zero-order valence-corrected chi connectivity index (χ0v) is 20.0. The number of likely N-dealkylation sites (tertiary alicyclic amines) is 2. The summed E-state index contributed by atoms with van der Waals surface area (Å²) in [5.41, 5.74) is 0. The summed E-state index contributed by atoms with van der Waals surface area (Å²) in [4.78, 5) is 5.16. The van der Waals surface area contributed by atoms with Crippen molar-refractivity contribution in [1.29, 1.82) is 0 Å². The van der Waals surface area contributed by atoms with Crippen molar-refractivity contribution in [3.8, 4) is 0 Å². The molecule has 0 radical (unpaired) electrons. The molecule has 3 aliphatic heterocycles. The van der Waals surface area contributed by atoms with Crippen LogP contribution in [0.2, 0.25) is 0 Å². The second-order valence-corrected chi connectivity index (χ2v) is 12.2. The average Bonchev–Trinajstić information content (AvgIpc) is 3.05. The molecule has 9 heteroatoms. The van der Waals surface area contributed by atoms with Crippen LogP contribution in [0.25, 0.3) is 0 Å². The highest BCUT2D eigenvalue weighted by Gasteiger charge is 2.29. The monoisotopic (exact) mass is 455 g/mol. The van der Waals surface area contributed by atoms with Crippen molar-refractivity contribution in [2.24, 2.45) is 18.9 Å². The van der Waals surface area contributed by atoms with Gasteiger partial charge in [0, 0.05) is 33.1 Å². The van der Waals surface area contributed by atoms with Crippen LogP contribution in [-0.2, 0) is 30.0 Å². The number of sulfone groups is 1. The third-order valence-electron chi connectivity index (χ3n) is 7.19. The van der Waals surface area contributed by atoms with Gasteiger partial charge in [-0.05, 0) is 69.2 Å². The van der Waals surface area contributed by atoms with Gasteiger partial charge in [-0.15, -0.1) is 0 Å². The molecule has 1 atom stereocenters. The van der Waals surface area contributed by atoms with E-state index in [1.54, 1.807) is 0 Å². The second kappa shape index (κ2) is 9.79. The maximum atomic E-state index is 11.8. The Morgan fingerprint density at radius 2 is 1.67 bits per heavy atom. The van der Waals surface area contributed by atoms with Crippen molar-refractivity contribution in [3.05, 3.63) is 10.6 Å². The number of hydrogen-bond acceptors (Lipinski definition) is 6. The molecular weight excluding hydrogens is 418 g/mol. The van der Waals surface area contributed by atoms with Gasteiger partial charge >= 0.3 is 0 Å². The summed E-state index contributed by atoms with van der Waals surface area (Å²) in [6.07, 6.45) is 9.48. The molecule has 0 spiro atoms. The molecule has 3 aliphatic rings. The van der Waals surface area contributed by atoms with Crippen LogP contribution in [0.3, 0.4) is 0 Å². The molecule has 30 heavy (non-hydrogen) atoms. The highest BCUT2D eigenvalue weighted by molar-refractivity contribution is 7.91. The predicted molar refractivity (Wildman–Crippen MR) is 122 cm³/mol. The van der Waals surface area contributed by atoms with Crippen LogP contribution in [0.5, 0.6) is 0 Å². The van der Waals surface area contributed by atoms with E-state index in [1.807, 2.05) is 16.3 Å². The van der Waals surface area contributed by atoms with Crippen molar-refractivity contribution >= 4 is 22.1 Å². The highest BCUT2D eigenvalue weighted by Crippen LogP contribution is 2.23. The first-order valence-electron chi connectivity index (χ1n) is 11.7. The van der Waals surface area contributed by atoms with E-state index in [-0.39, 0.29) is 11.7 Å². The molecule has 0 aliphatic carbocycles. The number of aromatic nitrogens is 3. The van der Waals surface area contributed by atoms with E-state index in [1.165, 1.54) is 58.2 Å². The summed E-state index contributed by atoms with van der Waals surface area (Å²) < 4.78 is 28.1. The smallest absolute Gasteiger partial charge is 0.198 e. The van der Waals surface area contributed by atoms with Crippen LogP contribution in [-0.4, -0.2) is 76.8 Å². The lowest BCUT2D eigenvalue weighted by Crippen LogP contribution is -2.40. The van der Waals surface area contributed by atoms with Gasteiger partial charge in [-0.1, -0.05) is 12.8 Å². The first-order valence-corrected chi connectivity index (χ1v) is 13.9. The topological polar surface area (TPSA) is 63.4 Å². The van der Waals surface area contributed by atoms with E-state index < -0.39 is 9.84 Å². The lowest BCUT2D eigenvalue weighted by atomic mass is 9.96. The van der Waals surface area contributed by atoms with Crippen molar-refractivity contribution in [3.63, 3.8) is 0 Å². The van der Waals surface area contributed by atoms with Crippen LogP contribution in [0.4, 0.5) is 0 Å². The molecule has 4 heterocycles. The molecule has 0 N–H and O–H groups in total. The van der Waals surface area contributed by atoms with Gasteiger partial charge in [0.1, 0.15) is 5.82 Å². The number of nitrogens with zero attached hydrogens (tertiary/aromatic N) is 5. The van der Waals surface area contributed by atoms with Gasteiger partial charge in [0.05, 0.1) is 18.2 Å². The molecular formula is C21H37N5O2S2. The zero-order chi connectivity index (χ0) is 21.1. The van der Waals surface area contributed by atoms with Crippen molar-refractivity contribution < 1.29 is 8.42 Å². The fraction of sp³-hybridized carbons (Fsp3) is 0.905. The van der Waals surface area contributed by atoms with Gasteiger partial charge in [-0.25, -0.2) is 13.1 Å². The van der Waals surface area contributed by atoms with E-state index >= 15 is 0 Å². The van der Waals surface area contributed by atoms with E-state index in [9.17, 15) is 8.42 Å². The Morgan fingerprint density at radius 1 is 0.967 bits per heavy atom. The summed E-state index contributed by atoms with van der Waals surface area (Å²) in [5, 5.41) is 4.77. The van der Waals surface area contributed by atoms with Crippen molar-refractivity contribution in [2.45, 2.75) is 58.0 Å². The molecule has 0 bridgehead atoms. The van der Waals surface area contributed by atoms with E-state index in [0.717, 1.165) is 42.7 Å². The zero-order valence-electron chi connectivity index (χ0n) is 18.3. The minimum atomic E-state index is -2.85. The molecule has 7 nitrogen and oxygen atoms in total. The number of rotatable bonds is 6. The molecule has 0 saturated carbocycles. The molecule has 0 aromatic carbocycles. The van der Waals surface area contributed by atoms with E-state index in [0.29, 0.717) is 12.2 Å². The largest absolute Gasteiger partial charge is 0.307 e. The van der Waals surface area contributed by atoms with Gasteiger partial charge in [-0.3, -0.25) is 4.90 Å². The fourth-order valence-electron chi connectivity index (χ4n) is 5.28. The Bertz CT molecular complexity index is 862. The standard InChI is InChI=1S/C21H37N5O2S2/c1-23-20(14-19-8-13-30(27,28)16-19)22-26(21(23)29)17-25-11-6-18(7-12-25)15-24-9-4-2-3-5-10-24/h18-19H,2-17H2,1H3. The Kier molecular flexibility index (Phi) is 7.32. The van der Waals surface area contributed by atoms with Gasteiger partial charge in [-0.2, -0.15) is 5.10 Å². The quantitative estimate of drug-likeness (QED) is 0.614. The highest BCUT2D eigenvalue weighted by atomic mass is 32.2. The minimum Gasteiger partial charge on any atom is -0.307 e. The minimum absolute atomic E-state index is 0.175. The third kappa shape index (κ3) is 5.72. The molecule has 1 aromatic rings. The summed E-state index contributed by atoms with van der Waals surface area (Å²) in [6, 6.07) is 0. The van der Waals surface area contributed by atoms with Crippen LogP contribution in [0, 0.1) is 16.6 Å². The molecule has 0 amide bonds. The normalized spacial score (nSPS) is 26.8.